The minimum atomic E-state index is 0.678. The van der Waals surface area contributed by atoms with Crippen molar-refractivity contribution in [3.8, 4) is 11.4 Å². The predicted molar refractivity (Wildman–Crippen MR) is 79.1 cm³/mol. The fourth-order valence-corrected chi connectivity index (χ4v) is 2.44. The van der Waals surface area contributed by atoms with Crippen LogP contribution in [0.4, 0.5) is 0 Å². The number of rotatable bonds is 5. The van der Waals surface area contributed by atoms with Gasteiger partial charge in [0.05, 0.1) is 0 Å². The van der Waals surface area contributed by atoms with Crippen LogP contribution in [-0.2, 0) is 7.05 Å². The summed E-state index contributed by atoms with van der Waals surface area (Å²) in [5.41, 5.74) is 2.53. The molecule has 0 aliphatic carbocycles. The summed E-state index contributed by atoms with van der Waals surface area (Å²) in [6, 6.07) is 8.74. The van der Waals surface area contributed by atoms with Crippen molar-refractivity contribution >= 4 is 0 Å². The second kappa shape index (κ2) is 6.00. The first-order valence-corrected chi connectivity index (χ1v) is 7.13. The molecule has 0 radical (unpaired) electrons. The molecule has 1 heterocycles. The van der Waals surface area contributed by atoms with Gasteiger partial charge in [0.2, 0.25) is 0 Å². The molecule has 0 saturated carbocycles. The molecule has 3 heteroatoms. The zero-order chi connectivity index (χ0) is 13.8. The lowest BCUT2D eigenvalue weighted by Crippen LogP contribution is -1.96. The van der Waals surface area contributed by atoms with Crippen molar-refractivity contribution in [3.05, 3.63) is 35.7 Å². The van der Waals surface area contributed by atoms with Crippen LogP contribution in [0.25, 0.3) is 11.4 Å². The molecule has 0 saturated heterocycles. The van der Waals surface area contributed by atoms with Gasteiger partial charge in [-0.1, -0.05) is 44.5 Å². The van der Waals surface area contributed by atoms with Gasteiger partial charge in [-0.25, -0.2) is 4.98 Å². The van der Waals surface area contributed by atoms with Gasteiger partial charge in [-0.2, -0.15) is 5.10 Å². The smallest absolute Gasteiger partial charge is 0.181 e. The zero-order valence-electron chi connectivity index (χ0n) is 12.3. The summed E-state index contributed by atoms with van der Waals surface area (Å²) in [6.07, 6.45) is 3.70. The SMILES string of the molecule is CCCC(CC)c1ccc(-c2nc(C)n(C)n2)cc1. The molecule has 0 aliphatic heterocycles. The van der Waals surface area contributed by atoms with E-state index in [0.717, 1.165) is 17.2 Å². The molecule has 0 aliphatic rings. The van der Waals surface area contributed by atoms with Crippen molar-refractivity contribution in [1.29, 1.82) is 0 Å². The van der Waals surface area contributed by atoms with Gasteiger partial charge in [-0.05, 0) is 31.2 Å². The van der Waals surface area contributed by atoms with Crippen molar-refractivity contribution < 1.29 is 0 Å². The second-order valence-corrected chi connectivity index (χ2v) is 5.12. The molecule has 0 spiro atoms. The lowest BCUT2D eigenvalue weighted by atomic mass is 9.91. The van der Waals surface area contributed by atoms with Gasteiger partial charge < -0.3 is 0 Å². The Bertz CT molecular complexity index is 506. The highest BCUT2D eigenvalue weighted by Crippen LogP contribution is 2.26. The average molecular weight is 257 g/mol. The highest BCUT2D eigenvalue weighted by molar-refractivity contribution is 5.55. The maximum Gasteiger partial charge on any atom is 0.181 e. The highest BCUT2D eigenvalue weighted by atomic mass is 15.3. The van der Waals surface area contributed by atoms with E-state index in [-0.39, 0.29) is 0 Å². The van der Waals surface area contributed by atoms with E-state index in [2.05, 4.69) is 48.2 Å². The van der Waals surface area contributed by atoms with E-state index in [4.69, 9.17) is 0 Å². The third kappa shape index (κ3) is 3.03. The van der Waals surface area contributed by atoms with E-state index in [9.17, 15) is 0 Å². The van der Waals surface area contributed by atoms with Crippen molar-refractivity contribution in [1.82, 2.24) is 14.8 Å². The van der Waals surface area contributed by atoms with E-state index >= 15 is 0 Å². The van der Waals surface area contributed by atoms with Gasteiger partial charge in [0, 0.05) is 12.6 Å². The molecule has 2 aromatic rings. The molecule has 0 N–H and O–H groups in total. The predicted octanol–water partition coefficient (Wildman–Crippen LogP) is 4.08. The minimum Gasteiger partial charge on any atom is -0.253 e. The van der Waals surface area contributed by atoms with Crippen molar-refractivity contribution in [2.24, 2.45) is 7.05 Å². The van der Waals surface area contributed by atoms with E-state index in [1.807, 2.05) is 18.7 Å². The third-order valence-corrected chi connectivity index (χ3v) is 3.75. The number of hydrogen-bond acceptors (Lipinski definition) is 2. The number of aromatic nitrogens is 3. The molecule has 0 amide bonds. The number of aryl methyl sites for hydroxylation is 2. The topological polar surface area (TPSA) is 30.7 Å². The summed E-state index contributed by atoms with van der Waals surface area (Å²) in [5, 5.41) is 4.42. The van der Waals surface area contributed by atoms with Crippen LogP contribution in [0.1, 0.15) is 50.4 Å². The zero-order valence-corrected chi connectivity index (χ0v) is 12.3. The maximum absolute atomic E-state index is 4.46. The fourth-order valence-electron chi connectivity index (χ4n) is 2.44. The van der Waals surface area contributed by atoms with Crippen LogP contribution in [0.15, 0.2) is 24.3 Å². The quantitative estimate of drug-likeness (QED) is 0.808. The monoisotopic (exact) mass is 257 g/mol. The van der Waals surface area contributed by atoms with Crippen molar-refractivity contribution in [2.45, 2.75) is 46.0 Å². The average Bonchev–Trinajstić information content (AvgIpc) is 2.76. The molecule has 19 heavy (non-hydrogen) atoms. The normalized spacial score (nSPS) is 12.6. The third-order valence-electron chi connectivity index (χ3n) is 3.75. The molecule has 102 valence electrons. The van der Waals surface area contributed by atoms with E-state index in [1.54, 1.807) is 0 Å². The minimum absolute atomic E-state index is 0.678. The van der Waals surface area contributed by atoms with E-state index in [1.165, 1.54) is 24.8 Å². The lowest BCUT2D eigenvalue weighted by Gasteiger charge is -2.14. The van der Waals surface area contributed by atoms with Gasteiger partial charge in [0.1, 0.15) is 5.82 Å². The molecule has 0 bridgehead atoms. The molecule has 0 fully saturated rings. The molecular formula is C16H23N3. The second-order valence-electron chi connectivity index (χ2n) is 5.12. The Morgan fingerprint density at radius 3 is 2.32 bits per heavy atom. The molecule has 1 aromatic heterocycles. The van der Waals surface area contributed by atoms with Crippen LogP contribution in [0.2, 0.25) is 0 Å². The number of benzene rings is 1. The number of nitrogens with zero attached hydrogens (tertiary/aromatic N) is 3. The summed E-state index contributed by atoms with van der Waals surface area (Å²) in [4.78, 5) is 4.46. The van der Waals surface area contributed by atoms with E-state index in [0.29, 0.717) is 5.92 Å². The van der Waals surface area contributed by atoms with Crippen LogP contribution in [0.5, 0.6) is 0 Å². The first kappa shape index (κ1) is 13.8. The summed E-state index contributed by atoms with van der Waals surface area (Å²) in [7, 11) is 1.93. The molecule has 1 atom stereocenters. The van der Waals surface area contributed by atoms with Crippen molar-refractivity contribution in [2.75, 3.05) is 0 Å². The van der Waals surface area contributed by atoms with Gasteiger partial charge in [0.15, 0.2) is 5.82 Å². The standard InChI is InChI=1S/C16H23N3/c1-5-7-13(6-2)14-8-10-15(11-9-14)16-17-12(3)19(4)18-16/h8-11,13H,5-7H2,1-4H3. The largest absolute Gasteiger partial charge is 0.253 e. The summed E-state index contributed by atoms with van der Waals surface area (Å²) in [6.45, 7) is 6.48. The van der Waals surface area contributed by atoms with Crippen LogP contribution in [0, 0.1) is 6.92 Å². The molecule has 3 nitrogen and oxygen atoms in total. The van der Waals surface area contributed by atoms with Crippen LogP contribution >= 0.6 is 0 Å². The maximum atomic E-state index is 4.46. The first-order valence-electron chi connectivity index (χ1n) is 7.13. The number of hydrogen-bond donors (Lipinski definition) is 0. The Morgan fingerprint density at radius 2 is 1.84 bits per heavy atom. The summed E-state index contributed by atoms with van der Waals surface area (Å²) < 4.78 is 1.81. The summed E-state index contributed by atoms with van der Waals surface area (Å²) in [5.74, 6) is 2.43. The Labute approximate surface area is 115 Å². The fraction of sp³-hybridized carbons (Fsp3) is 0.500. The molecule has 2 rings (SSSR count). The van der Waals surface area contributed by atoms with Gasteiger partial charge in [0.25, 0.3) is 0 Å². The van der Waals surface area contributed by atoms with E-state index < -0.39 is 0 Å². The lowest BCUT2D eigenvalue weighted by molar-refractivity contribution is 0.596. The Kier molecular flexibility index (Phi) is 4.35. The summed E-state index contributed by atoms with van der Waals surface area (Å²) >= 11 is 0. The van der Waals surface area contributed by atoms with Crippen LogP contribution < -0.4 is 0 Å². The molecular weight excluding hydrogens is 234 g/mol. The Hall–Kier alpha value is -1.64. The van der Waals surface area contributed by atoms with Gasteiger partial charge in [-0.15, -0.1) is 0 Å². The highest BCUT2D eigenvalue weighted by Gasteiger charge is 2.10. The molecule has 1 aromatic carbocycles. The first-order chi connectivity index (χ1) is 9.15. The van der Waals surface area contributed by atoms with Crippen LogP contribution in [0.3, 0.4) is 0 Å². The van der Waals surface area contributed by atoms with Crippen molar-refractivity contribution in [3.63, 3.8) is 0 Å². The molecule has 1 unspecified atom stereocenters. The van der Waals surface area contributed by atoms with Gasteiger partial charge >= 0.3 is 0 Å². The van der Waals surface area contributed by atoms with Crippen LogP contribution in [-0.4, -0.2) is 14.8 Å². The van der Waals surface area contributed by atoms with Gasteiger partial charge in [-0.3, -0.25) is 4.68 Å². The Balaban J connectivity index is 2.22. The Morgan fingerprint density at radius 1 is 1.16 bits per heavy atom.